The fraction of sp³-hybridized carbons (Fsp3) is 0.417. The number of carbonyl (C=O) groups is 1. The smallest absolute Gasteiger partial charge is 0.338 e. The highest BCUT2D eigenvalue weighted by Gasteiger charge is 2.10. The summed E-state index contributed by atoms with van der Waals surface area (Å²) in [5.41, 5.74) is -0.342. The second kappa shape index (κ2) is 6.20. The van der Waals surface area contributed by atoms with E-state index in [1.807, 2.05) is 19.0 Å². The van der Waals surface area contributed by atoms with Gasteiger partial charge in [0, 0.05) is 12.6 Å². The van der Waals surface area contributed by atoms with Crippen molar-refractivity contribution in [1.29, 1.82) is 0 Å². The predicted octanol–water partition coefficient (Wildman–Crippen LogP) is 1.85. The summed E-state index contributed by atoms with van der Waals surface area (Å²) < 4.78 is 18.6. The highest BCUT2D eigenvalue weighted by molar-refractivity contribution is 5.88. The number of nitrogens with zero attached hydrogens (tertiary/aromatic N) is 1. The van der Waals surface area contributed by atoms with Gasteiger partial charge in [-0.25, -0.2) is 9.18 Å². The van der Waals surface area contributed by atoms with Gasteiger partial charge in [-0.3, -0.25) is 0 Å². The van der Waals surface area contributed by atoms with Crippen LogP contribution >= 0.6 is 0 Å². The number of aromatic carboxylic acids is 1. The fourth-order valence-electron chi connectivity index (χ4n) is 1.33. The second-order valence-corrected chi connectivity index (χ2v) is 3.95. The Hall–Kier alpha value is -1.62. The van der Waals surface area contributed by atoms with Crippen LogP contribution in [0.1, 0.15) is 16.8 Å². The molecule has 0 aliphatic carbocycles. The third kappa shape index (κ3) is 4.40. The van der Waals surface area contributed by atoms with Crippen LogP contribution < -0.4 is 4.74 Å². The molecule has 5 heteroatoms. The van der Waals surface area contributed by atoms with Gasteiger partial charge in [0.05, 0.1) is 12.2 Å². The van der Waals surface area contributed by atoms with Crippen LogP contribution in [0.15, 0.2) is 18.2 Å². The van der Waals surface area contributed by atoms with Gasteiger partial charge in [-0.1, -0.05) is 0 Å². The van der Waals surface area contributed by atoms with Gasteiger partial charge in [0.25, 0.3) is 0 Å². The molecule has 0 spiro atoms. The lowest BCUT2D eigenvalue weighted by molar-refractivity contribution is 0.0692. The maximum absolute atomic E-state index is 13.3. The first-order valence-corrected chi connectivity index (χ1v) is 5.31. The summed E-state index contributed by atoms with van der Waals surface area (Å²) >= 11 is 0. The Bertz CT molecular complexity index is 393. The van der Waals surface area contributed by atoms with E-state index >= 15 is 0 Å². The molecular formula is C12H16FNO3. The Balaban J connectivity index is 2.50. The van der Waals surface area contributed by atoms with Crippen LogP contribution in [0.2, 0.25) is 0 Å². The molecule has 0 bridgehead atoms. The zero-order chi connectivity index (χ0) is 12.8. The molecule has 0 amide bonds. The maximum atomic E-state index is 13.3. The molecule has 0 aliphatic heterocycles. The molecule has 0 heterocycles. The highest BCUT2D eigenvalue weighted by atomic mass is 19.1. The van der Waals surface area contributed by atoms with Gasteiger partial charge in [0.15, 0.2) is 0 Å². The minimum absolute atomic E-state index is 0.342. The van der Waals surface area contributed by atoms with Crippen molar-refractivity contribution in [3.8, 4) is 5.75 Å². The van der Waals surface area contributed by atoms with Gasteiger partial charge < -0.3 is 14.7 Å². The lowest BCUT2D eigenvalue weighted by atomic mass is 10.2. The molecule has 0 saturated carbocycles. The summed E-state index contributed by atoms with van der Waals surface area (Å²) in [6, 6.07) is 3.76. The Morgan fingerprint density at radius 1 is 1.47 bits per heavy atom. The minimum atomic E-state index is -1.28. The van der Waals surface area contributed by atoms with Gasteiger partial charge in [-0.15, -0.1) is 0 Å². The molecule has 94 valence electrons. The van der Waals surface area contributed by atoms with Crippen molar-refractivity contribution in [2.24, 2.45) is 0 Å². The van der Waals surface area contributed by atoms with Crippen molar-refractivity contribution in [2.45, 2.75) is 6.42 Å². The molecule has 0 saturated heterocycles. The summed E-state index contributed by atoms with van der Waals surface area (Å²) in [5, 5.41) is 8.65. The summed E-state index contributed by atoms with van der Waals surface area (Å²) in [4.78, 5) is 12.6. The first-order chi connectivity index (χ1) is 8.00. The van der Waals surface area contributed by atoms with Crippen molar-refractivity contribution < 1.29 is 19.0 Å². The van der Waals surface area contributed by atoms with E-state index < -0.39 is 11.8 Å². The van der Waals surface area contributed by atoms with Crippen LogP contribution in [-0.2, 0) is 0 Å². The number of carboxylic acids is 1. The molecule has 0 aromatic heterocycles. The number of ether oxygens (including phenoxy) is 1. The molecule has 0 fully saturated rings. The molecule has 17 heavy (non-hydrogen) atoms. The van der Waals surface area contributed by atoms with E-state index in [4.69, 9.17) is 9.84 Å². The zero-order valence-corrected chi connectivity index (χ0v) is 9.94. The number of hydrogen-bond acceptors (Lipinski definition) is 3. The van der Waals surface area contributed by atoms with Crippen LogP contribution in [0, 0.1) is 5.82 Å². The number of benzene rings is 1. The molecule has 0 aliphatic rings. The topological polar surface area (TPSA) is 49.8 Å². The average molecular weight is 241 g/mol. The number of rotatable bonds is 6. The van der Waals surface area contributed by atoms with Gasteiger partial charge in [0.2, 0.25) is 0 Å². The van der Waals surface area contributed by atoms with E-state index in [-0.39, 0.29) is 5.56 Å². The standard InChI is InChI=1S/C12H16FNO3/c1-14(2)6-3-7-17-9-4-5-10(12(15)16)11(13)8-9/h4-5,8H,3,6-7H2,1-2H3,(H,15,16). The molecule has 0 unspecified atom stereocenters. The fourth-order valence-corrected chi connectivity index (χ4v) is 1.33. The van der Waals surface area contributed by atoms with Crippen molar-refractivity contribution >= 4 is 5.97 Å². The Labute approximate surface area is 99.6 Å². The number of carboxylic acid groups (broad SMARTS) is 1. The molecule has 0 atom stereocenters. The number of hydrogen-bond donors (Lipinski definition) is 1. The Morgan fingerprint density at radius 3 is 2.71 bits per heavy atom. The second-order valence-electron chi connectivity index (χ2n) is 3.95. The third-order valence-corrected chi connectivity index (χ3v) is 2.19. The normalized spacial score (nSPS) is 10.6. The molecule has 4 nitrogen and oxygen atoms in total. The van der Waals surface area contributed by atoms with E-state index in [0.717, 1.165) is 19.0 Å². The van der Waals surface area contributed by atoms with Gasteiger partial charge >= 0.3 is 5.97 Å². The zero-order valence-electron chi connectivity index (χ0n) is 9.94. The van der Waals surface area contributed by atoms with Crippen LogP contribution in [-0.4, -0.2) is 43.2 Å². The Morgan fingerprint density at radius 2 is 2.18 bits per heavy atom. The predicted molar refractivity (Wildman–Crippen MR) is 62.0 cm³/mol. The van der Waals surface area contributed by atoms with E-state index in [0.29, 0.717) is 12.4 Å². The van der Waals surface area contributed by atoms with Gasteiger partial charge in [0.1, 0.15) is 11.6 Å². The molecule has 0 radical (unpaired) electrons. The lowest BCUT2D eigenvalue weighted by Crippen LogP contribution is -2.15. The van der Waals surface area contributed by atoms with Gasteiger partial charge in [-0.2, -0.15) is 0 Å². The maximum Gasteiger partial charge on any atom is 0.338 e. The first kappa shape index (κ1) is 13.4. The van der Waals surface area contributed by atoms with Crippen molar-refractivity contribution in [1.82, 2.24) is 4.90 Å². The van der Waals surface area contributed by atoms with E-state index in [9.17, 15) is 9.18 Å². The van der Waals surface area contributed by atoms with Crippen LogP contribution in [0.4, 0.5) is 4.39 Å². The van der Waals surface area contributed by atoms with Crippen LogP contribution in [0.25, 0.3) is 0 Å². The monoisotopic (exact) mass is 241 g/mol. The van der Waals surface area contributed by atoms with E-state index in [1.165, 1.54) is 12.1 Å². The first-order valence-electron chi connectivity index (χ1n) is 5.31. The van der Waals surface area contributed by atoms with Crippen molar-refractivity contribution in [3.05, 3.63) is 29.6 Å². The molecule has 1 aromatic rings. The summed E-state index contributed by atoms with van der Waals surface area (Å²) in [7, 11) is 3.92. The van der Waals surface area contributed by atoms with Crippen LogP contribution in [0.5, 0.6) is 5.75 Å². The highest BCUT2D eigenvalue weighted by Crippen LogP contribution is 2.16. The quantitative estimate of drug-likeness (QED) is 0.772. The molecular weight excluding hydrogens is 225 g/mol. The third-order valence-electron chi connectivity index (χ3n) is 2.19. The SMILES string of the molecule is CN(C)CCCOc1ccc(C(=O)O)c(F)c1. The lowest BCUT2D eigenvalue weighted by Gasteiger charge is -2.10. The Kier molecular flexibility index (Phi) is 4.90. The minimum Gasteiger partial charge on any atom is -0.493 e. The van der Waals surface area contributed by atoms with Gasteiger partial charge in [-0.05, 0) is 32.6 Å². The van der Waals surface area contributed by atoms with Crippen molar-refractivity contribution in [2.75, 3.05) is 27.2 Å². The summed E-state index contributed by atoms with van der Waals surface area (Å²) in [6.07, 6.45) is 0.829. The van der Waals surface area contributed by atoms with Crippen molar-refractivity contribution in [3.63, 3.8) is 0 Å². The molecule has 1 aromatic carbocycles. The van der Waals surface area contributed by atoms with Crippen LogP contribution in [0.3, 0.4) is 0 Å². The largest absolute Gasteiger partial charge is 0.493 e. The number of halogens is 1. The van der Waals surface area contributed by atoms with E-state index in [2.05, 4.69) is 0 Å². The molecule has 1 rings (SSSR count). The summed E-state index contributed by atoms with van der Waals surface area (Å²) in [6.45, 7) is 1.36. The average Bonchev–Trinajstić information content (AvgIpc) is 2.23. The van der Waals surface area contributed by atoms with E-state index in [1.54, 1.807) is 0 Å². The molecule has 1 N–H and O–H groups in total. The summed E-state index contributed by atoms with van der Waals surface area (Å²) in [5.74, 6) is -1.70.